The summed E-state index contributed by atoms with van der Waals surface area (Å²) in [4.78, 5) is 0. The van der Waals surface area contributed by atoms with E-state index in [1.807, 2.05) is 0 Å². The Morgan fingerprint density at radius 2 is 0.426 bits per heavy atom. The molecule has 8 N–H and O–H groups in total. The fourth-order valence-electron chi connectivity index (χ4n) is 9.69. The van der Waals surface area contributed by atoms with Gasteiger partial charge in [0.15, 0.2) is 0 Å². The molecule has 0 spiro atoms. The molecule has 0 aliphatic heterocycles. The van der Waals surface area contributed by atoms with E-state index in [2.05, 4.69) is 0 Å². The Labute approximate surface area is 392 Å². The van der Waals surface area contributed by atoms with Crippen LogP contribution in [-0.4, -0.2) is 69.3 Å². The first kappa shape index (κ1) is 44.6. The number of aromatic hydroxyl groups is 8. The first-order chi connectivity index (χ1) is 32.8. The molecule has 0 aromatic heterocycles. The van der Waals surface area contributed by atoms with Gasteiger partial charge < -0.3 is 59.8 Å². The van der Waals surface area contributed by atoms with Crippen molar-refractivity contribution in [1.82, 2.24) is 0 Å². The van der Waals surface area contributed by atoms with Crippen molar-refractivity contribution >= 4 is 0 Å². The minimum Gasteiger partial charge on any atom is -0.507 e. The van der Waals surface area contributed by atoms with E-state index in [4.69, 9.17) is 18.9 Å². The molecule has 0 atom stereocenters. The average Bonchev–Trinajstić information content (AvgIpc) is 3.34. The summed E-state index contributed by atoms with van der Waals surface area (Å²) in [5.74, 6) is -5.12. The molecule has 68 heavy (non-hydrogen) atoms. The van der Waals surface area contributed by atoms with Crippen molar-refractivity contribution in [3.8, 4) is 69.0 Å². The third-order valence-electron chi connectivity index (χ3n) is 12.9. The first-order valence-corrected chi connectivity index (χ1v) is 21.6. The standard InChI is InChI=1S/C56H48O12/c1-65-33-13-5-9-29(17-33)53-37-21-39(47(59)25-45(37)57)54(30-10-6-14-34(18-30)66-2)41-23-43(51(63)27-49(41)61)56(32-12-8-16-36(20-32)68-4)44-24-42(50(62)28-52(44)64)55(31-11-7-15-35(19-31)67-3)40-22-38(53)46(58)26-48(40)60/h5-28,53-64H,1-4H3. The largest absolute Gasteiger partial charge is 0.507 e. The summed E-state index contributed by atoms with van der Waals surface area (Å²) in [5.41, 5.74) is 3.79. The summed E-state index contributed by atoms with van der Waals surface area (Å²) in [7, 11) is 6.05. The quantitative estimate of drug-likeness (QED) is 0.0719. The maximum Gasteiger partial charge on any atom is 0.123 e. The summed E-state index contributed by atoms with van der Waals surface area (Å²) in [6, 6.07) is 39.3. The molecular formula is C56H48O12. The van der Waals surface area contributed by atoms with E-state index >= 15 is 0 Å². The predicted molar refractivity (Wildman–Crippen MR) is 255 cm³/mol. The van der Waals surface area contributed by atoms with Crippen molar-refractivity contribution in [3.63, 3.8) is 0 Å². The number of rotatable bonds is 8. The van der Waals surface area contributed by atoms with E-state index in [0.29, 0.717) is 45.3 Å². The van der Waals surface area contributed by atoms with Gasteiger partial charge in [0.2, 0.25) is 0 Å². The fraction of sp³-hybridized carbons (Fsp3) is 0.143. The van der Waals surface area contributed by atoms with E-state index in [1.165, 1.54) is 52.7 Å². The highest BCUT2D eigenvalue weighted by Gasteiger charge is 2.35. The Balaban J connectivity index is 1.49. The second-order valence-corrected chi connectivity index (χ2v) is 16.7. The van der Waals surface area contributed by atoms with Gasteiger partial charge in [0.25, 0.3) is 0 Å². The lowest BCUT2D eigenvalue weighted by atomic mass is 9.75. The zero-order chi connectivity index (χ0) is 48.0. The smallest absolute Gasteiger partial charge is 0.123 e. The SMILES string of the molecule is COc1cccc(C2c3cc(c(O)cc3O)C(c3cccc(OC)c3)c3cc(c(O)cc3O)C(c3cccc(OC)c3)c3cc(c(O)cc3O)C(c3cccc(OC)c3)c3cc2c(O)cc3O)c1. The minimum atomic E-state index is -1.04. The van der Waals surface area contributed by atoms with Gasteiger partial charge >= 0.3 is 0 Å². The van der Waals surface area contributed by atoms with Gasteiger partial charge in [0.1, 0.15) is 69.0 Å². The highest BCUT2D eigenvalue weighted by atomic mass is 16.5. The lowest BCUT2D eigenvalue weighted by molar-refractivity contribution is 0.413. The molecule has 0 radical (unpaired) electrons. The summed E-state index contributed by atoms with van der Waals surface area (Å²) < 4.78 is 22.6. The number of fused-ring (bicyclic) bond motifs is 8. The number of methoxy groups -OCH3 is 4. The van der Waals surface area contributed by atoms with Gasteiger partial charge in [-0.05, 0) is 95.1 Å². The van der Waals surface area contributed by atoms with E-state index in [1.54, 1.807) is 121 Å². The third kappa shape index (κ3) is 7.95. The summed E-state index contributed by atoms with van der Waals surface area (Å²) in [6.45, 7) is 0. The van der Waals surface area contributed by atoms with Crippen molar-refractivity contribution in [3.05, 3.63) is 212 Å². The zero-order valence-corrected chi connectivity index (χ0v) is 37.4. The lowest BCUT2D eigenvalue weighted by Gasteiger charge is -2.30. The van der Waals surface area contributed by atoms with Crippen LogP contribution in [0.3, 0.4) is 0 Å². The average molecular weight is 913 g/mol. The topological polar surface area (TPSA) is 199 Å². The maximum atomic E-state index is 12.1. The van der Waals surface area contributed by atoms with Gasteiger partial charge in [-0.3, -0.25) is 0 Å². The molecule has 12 heteroatoms. The summed E-state index contributed by atoms with van der Waals surface area (Å²) in [6.07, 6.45) is 0. The highest BCUT2D eigenvalue weighted by Crippen LogP contribution is 2.54. The van der Waals surface area contributed by atoms with Gasteiger partial charge in [0, 0.05) is 92.4 Å². The van der Waals surface area contributed by atoms with E-state index in [0.717, 1.165) is 0 Å². The van der Waals surface area contributed by atoms with Gasteiger partial charge in [-0.1, -0.05) is 48.5 Å². The molecule has 8 bridgehead atoms. The Morgan fingerprint density at radius 1 is 0.250 bits per heavy atom. The number of benzene rings is 8. The van der Waals surface area contributed by atoms with Gasteiger partial charge in [0.05, 0.1) is 28.4 Å². The molecule has 0 saturated heterocycles. The Bertz CT molecular complexity index is 2690. The molecular weight excluding hydrogens is 865 g/mol. The molecule has 8 aromatic carbocycles. The van der Waals surface area contributed by atoms with Crippen molar-refractivity contribution in [2.75, 3.05) is 28.4 Å². The van der Waals surface area contributed by atoms with Crippen LogP contribution in [0, 0.1) is 0 Å². The maximum absolute atomic E-state index is 12.1. The molecule has 0 heterocycles. The normalized spacial score (nSPS) is 16.4. The van der Waals surface area contributed by atoms with Crippen LogP contribution in [0.5, 0.6) is 69.0 Å². The number of hydrogen-bond acceptors (Lipinski definition) is 12. The molecule has 1 aliphatic rings. The van der Waals surface area contributed by atoms with Crippen LogP contribution in [-0.2, 0) is 0 Å². The summed E-state index contributed by atoms with van der Waals surface area (Å²) in [5, 5.41) is 96.7. The molecule has 0 amide bonds. The second-order valence-electron chi connectivity index (χ2n) is 16.7. The van der Waals surface area contributed by atoms with Crippen LogP contribution in [0.4, 0.5) is 0 Å². The molecule has 0 unspecified atom stereocenters. The van der Waals surface area contributed by atoms with Crippen LogP contribution in [0.15, 0.2) is 146 Å². The highest BCUT2D eigenvalue weighted by molar-refractivity contribution is 5.68. The molecule has 1 aliphatic carbocycles. The van der Waals surface area contributed by atoms with Crippen molar-refractivity contribution in [1.29, 1.82) is 0 Å². The minimum absolute atomic E-state index is 0.207. The zero-order valence-electron chi connectivity index (χ0n) is 37.4. The first-order valence-electron chi connectivity index (χ1n) is 21.6. The van der Waals surface area contributed by atoms with Crippen molar-refractivity contribution in [2.24, 2.45) is 0 Å². The van der Waals surface area contributed by atoms with Crippen LogP contribution in [0.25, 0.3) is 0 Å². The van der Waals surface area contributed by atoms with Gasteiger partial charge in [-0.2, -0.15) is 0 Å². The lowest BCUT2D eigenvalue weighted by Crippen LogP contribution is -2.13. The number of phenols is 8. The molecule has 12 nitrogen and oxygen atoms in total. The summed E-state index contributed by atoms with van der Waals surface area (Å²) >= 11 is 0. The van der Waals surface area contributed by atoms with Crippen LogP contribution in [0.1, 0.15) is 90.4 Å². The van der Waals surface area contributed by atoms with E-state index < -0.39 is 23.7 Å². The van der Waals surface area contributed by atoms with Crippen molar-refractivity contribution < 1.29 is 59.8 Å². The van der Waals surface area contributed by atoms with Gasteiger partial charge in [-0.15, -0.1) is 0 Å². The Kier molecular flexibility index (Phi) is 11.8. The monoisotopic (exact) mass is 912 g/mol. The molecule has 344 valence electrons. The molecule has 0 fully saturated rings. The number of ether oxygens (including phenoxy) is 4. The van der Waals surface area contributed by atoms with E-state index in [9.17, 15) is 40.9 Å². The third-order valence-corrected chi connectivity index (χ3v) is 12.9. The van der Waals surface area contributed by atoms with E-state index in [-0.39, 0.29) is 90.5 Å². The van der Waals surface area contributed by atoms with Crippen LogP contribution in [0.2, 0.25) is 0 Å². The number of hydrogen-bond donors (Lipinski definition) is 8. The Morgan fingerprint density at radius 3 is 0.588 bits per heavy atom. The predicted octanol–water partition coefficient (Wildman–Crippen LogP) is 10.4. The number of phenolic OH excluding ortho intramolecular Hbond substituents is 8. The van der Waals surface area contributed by atoms with Crippen molar-refractivity contribution in [2.45, 2.75) is 23.7 Å². The van der Waals surface area contributed by atoms with Crippen LogP contribution >= 0.6 is 0 Å². The van der Waals surface area contributed by atoms with Crippen LogP contribution < -0.4 is 18.9 Å². The van der Waals surface area contributed by atoms with Gasteiger partial charge in [-0.25, -0.2) is 0 Å². The molecule has 0 saturated carbocycles. The molecule has 9 rings (SSSR count). The second kappa shape index (κ2) is 18.0. The molecule has 8 aromatic rings. The fourth-order valence-corrected chi connectivity index (χ4v) is 9.69. The Hall–Kier alpha value is -8.64.